The van der Waals surface area contributed by atoms with Gasteiger partial charge in [0.25, 0.3) is 5.91 Å². The summed E-state index contributed by atoms with van der Waals surface area (Å²) in [6.45, 7) is 3.17. The molecule has 1 unspecified atom stereocenters. The van der Waals surface area contributed by atoms with E-state index in [1.54, 1.807) is 13.0 Å². The highest BCUT2D eigenvalue weighted by Gasteiger charge is 2.62. The van der Waals surface area contributed by atoms with Gasteiger partial charge in [-0.15, -0.1) is 0 Å². The van der Waals surface area contributed by atoms with Gasteiger partial charge in [-0.2, -0.15) is 4.39 Å². The highest BCUT2D eigenvalue weighted by Crippen LogP contribution is 2.50. The number of nitrogens with two attached hydrogens (primary N) is 1. The summed E-state index contributed by atoms with van der Waals surface area (Å²) in [4.78, 5) is 24.6. The zero-order valence-electron chi connectivity index (χ0n) is 16.2. The predicted molar refractivity (Wildman–Crippen MR) is 111 cm³/mol. The Labute approximate surface area is 177 Å². The molecular weight excluding hydrogens is 433 g/mol. The number of halogens is 2. The van der Waals surface area contributed by atoms with Crippen LogP contribution in [-0.2, 0) is 15.4 Å². The number of nitrogens with zero attached hydrogens (tertiary/aromatic N) is 3. The molecule has 0 aromatic carbocycles. The van der Waals surface area contributed by atoms with E-state index in [1.807, 2.05) is 0 Å². The lowest BCUT2D eigenvalue weighted by atomic mass is 9.95. The van der Waals surface area contributed by atoms with Gasteiger partial charge in [-0.1, -0.05) is 11.6 Å². The highest BCUT2D eigenvalue weighted by atomic mass is 35.5. The number of amides is 1. The summed E-state index contributed by atoms with van der Waals surface area (Å²) in [6, 6.07) is 2.92. The number of aromatic nitrogens is 2. The van der Waals surface area contributed by atoms with Crippen molar-refractivity contribution in [3.8, 4) is 0 Å². The predicted octanol–water partition coefficient (Wildman–Crippen LogP) is 2.36. The smallest absolute Gasteiger partial charge is 0.274 e. The second-order valence-corrected chi connectivity index (χ2v) is 10.6. The van der Waals surface area contributed by atoms with Crippen LogP contribution in [-0.4, -0.2) is 40.6 Å². The maximum atomic E-state index is 14.6. The Kier molecular flexibility index (Phi) is 4.62. The largest absolute Gasteiger partial charge is 0.386 e. The molecule has 3 N–H and O–H groups in total. The third-order valence-corrected chi connectivity index (χ3v) is 8.50. The van der Waals surface area contributed by atoms with Crippen LogP contribution >= 0.6 is 11.6 Å². The van der Waals surface area contributed by atoms with Crippen molar-refractivity contribution >= 4 is 38.9 Å². The van der Waals surface area contributed by atoms with E-state index >= 15 is 0 Å². The first-order valence-electron chi connectivity index (χ1n) is 9.15. The molecule has 3 heterocycles. The lowest BCUT2D eigenvalue weighted by molar-refractivity contribution is 0.102. The zero-order valence-corrected chi connectivity index (χ0v) is 17.8. The summed E-state index contributed by atoms with van der Waals surface area (Å²) in [6.07, 6.45) is 3.32. The van der Waals surface area contributed by atoms with Crippen molar-refractivity contribution in [3.63, 3.8) is 0 Å². The van der Waals surface area contributed by atoms with Crippen LogP contribution in [0, 0.1) is 12.9 Å². The number of pyridine rings is 2. The monoisotopic (exact) mass is 451 g/mol. The summed E-state index contributed by atoms with van der Waals surface area (Å²) in [7, 11) is -3.62. The maximum Gasteiger partial charge on any atom is 0.274 e. The minimum absolute atomic E-state index is 0.00826. The molecule has 0 radical (unpaired) electrons. The number of sulfone groups is 1. The van der Waals surface area contributed by atoms with Gasteiger partial charge in [-0.3, -0.25) is 9.79 Å². The second kappa shape index (κ2) is 6.71. The quantitative estimate of drug-likeness (QED) is 0.689. The topological polar surface area (TPSA) is 127 Å². The van der Waals surface area contributed by atoms with E-state index in [1.165, 1.54) is 19.2 Å². The van der Waals surface area contributed by atoms with Gasteiger partial charge in [0.2, 0.25) is 5.95 Å². The first-order valence-corrected chi connectivity index (χ1v) is 11.2. The number of aryl methyl sites for hydroxylation is 1. The molecule has 1 atom stereocenters. The van der Waals surface area contributed by atoms with Gasteiger partial charge in [0, 0.05) is 11.8 Å². The summed E-state index contributed by atoms with van der Waals surface area (Å²) in [5.41, 5.74) is 5.34. The van der Waals surface area contributed by atoms with E-state index in [4.69, 9.17) is 17.3 Å². The third kappa shape index (κ3) is 3.24. The summed E-state index contributed by atoms with van der Waals surface area (Å²) in [5, 5.41) is 2.99. The van der Waals surface area contributed by atoms with E-state index < -0.39 is 37.7 Å². The molecule has 1 aliphatic carbocycles. The second-order valence-electron chi connectivity index (χ2n) is 7.86. The van der Waals surface area contributed by atoms with Gasteiger partial charge in [0.15, 0.2) is 9.84 Å². The van der Waals surface area contributed by atoms with Crippen molar-refractivity contribution in [2.75, 3.05) is 11.1 Å². The van der Waals surface area contributed by atoms with Crippen molar-refractivity contribution in [1.82, 2.24) is 9.97 Å². The number of carbonyl (C=O) groups excluding carboxylic acids is 1. The molecule has 2 aromatic rings. The fourth-order valence-electron chi connectivity index (χ4n) is 3.75. The summed E-state index contributed by atoms with van der Waals surface area (Å²) < 4.78 is 39.1. The minimum atomic E-state index is -3.62. The highest BCUT2D eigenvalue weighted by molar-refractivity contribution is 7.94. The molecule has 1 fully saturated rings. The van der Waals surface area contributed by atoms with Gasteiger partial charge < -0.3 is 11.1 Å². The Balaban J connectivity index is 1.69. The van der Waals surface area contributed by atoms with Gasteiger partial charge in [0.1, 0.15) is 21.8 Å². The molecule has 1 spiro atoms. The molecule has 1 amide bonds. The third-order valence-electron chi connectivity index (χ3n) is 5.54. The normalized spacial score (nSPS) is 23.7. The molecule has 30 heavy (non-hydrogen) atoms. The van der Waals surface area contributed by atoms with Gasteiger partial charge in [-0.25, -0.2) is 18.4 Å². The Morgan fingerprint density at radius 1 is 1.27 bits per heavy atom. The van der Waals surface area contributed by atoms with Crippen LogP contribution in [0.1, 0.15) is 41.4 Å². The van der Waals surface area contributed by atoms with Gasteiger partial charge >= 0.3 is 0 Å². The van der Waals surface area contributed by atoms with Crippen LogP contribution in [0.25, 0.3) is 0 Å². The minimum Gasteiger partial charge on any atom is -0.386 e. The fourth-order valence-corrected chi connectivity index (χ4v) is 6.29. The molecule has 8 nitrogen and oxygen atoms in total. The maximum absolute atomic E-state index is 14.6. The fraction of sp³-hybridized carbons (Fsp3) is 0.368. The Morgan fingerprint density at radius 3 is 2.57 bits per heavy atom. The number of anilines is 1. The Bertz CT molecular complexity index is 1210. The van der Waals surface area contributed by atoms with Crippen LogP contribution in [0.4, 0.5) is 10.1 Å². The standard InChI is InChI=1S/C19H19ClFN5O3S/c1-10-5-11(20)7-23-14(10)16(27)25-12-6-13(15(21)24-8-12)18(2)9-30(28,29)19(3-4-19)17(22)26-18/h5-8H,3-4,9H2,1-2H3,(H2,22,26)(H,25,27). The first kappa shape index (κ1) is 20.7. The average molecular weight is 452 g/mol. The van der Waals surface area contributed by atoms with E-state index in [0.29, 0.717) is 23.4 Å². The van der Waals surface area contributed by atoms with E-state index in [-0.39, 0.29) is 22.8 Å². The van der Waals surface area contributed by atoms with Crippen molar-refractivity contribution in [3.05, 3.63) is 52.3 Å². The molecule has 11 heteroatoms. The van der Waals surface area contributed by atoms with Crippen molar-refractivity contribution < 1.29 is 17.6 Å². The number of aliphatic imine (C=N–C) groups is 1. The summed E-state index contributed by atoms with van der Waals surface area (Å²) >= 11 is 5.86. The lowest BCUT2D eigenvalue weighted by Crippen LogP contribution is -2.50. The first-order chi connectivity index (χ1) is 14.0. The number of rotatable bonds is 3. The average Bonchev–Trinajstić information content (AvgIpc) is 3.44. The molecule has 2 aliphatic rings. The van der Waals surface area contributed by atoms with E-state index in [9.17, 15) is 17.6 Å². The van der Waals surface area contributed by atoms with Crippen molar-refractivity contribution in [2.24, 2.45) is 10.7 Å². The van der Waals surface area contributed by atoms with Crippen LogP contribution in [0.3, 0.4) is 0 Å². The number of nitrogens with one attached hydrogen (secondary N) is 1. The van der Waals surface area contributed by atoms with Crippen LogP contribution < -0.4 is 11.1 Å². The molecule has 0 saturated heterocycles. The van der Waals surface area contributed by atoms with Crippen LogP contribution in [0.5, 0.6) is 0 Å². The lowest BCUT2D eigenvalue weighted by Gasteiger charge is -2.34. The SMILES string of the molecule is Cc1cc(Cl)cnc1C(=O)Nc1cnc(F)c(C2(C)CS(=O)(=O)C3(CC3)C(N)=N2)c1. The Morgan fingerprint density at radius 2 is 1.97 bits per heavy atom. The molecular formula is C19H19ClFN5O3S. The van der Waals surface area contributed by atoms with Crippen molar-refractivity contribution in [2.45, 2.75) is 37.0 Å². The number of hydrogen-bond acceptors (Lipinski definition) is 7. The van der Waals surface area contributed by atoms with Gasteiger partial charge in [-0.05, 0) is 44.4 Å². The molecule has 4 rings (SSSR count). The van der Waals surface area contributed by atoms with E-state index in [2.05, 4.69) is 20.3 Å². The zero-order chi connectivity index (χ0) is 21.9. The number of amidine groups is 1. The molecule has 158 valence electrons. The number of hydrogen-bond donors (Lipinski definition) is 2. The molecule has 2 aromatic heterocycles. The van der Waals surface area contributed by atoms with E-state index in [0.717, 1.165) is 6.20 Å². The Hall–Kier alpha value is -2.59. The van der Waals surface area contributed by atoms with Gasteiger partial charge in [0.05, 0.1) is 22.7 Å². The molecule has 1 saturated carbocycles. The van der Waals surface area contributed by atoms with Crippen LogP contribution in [0.15, 0.2) is 29.5 Å². The van der Waals surface area contributed by atoms with Crippen molar-refractivity contribution in [1.29, 1.82) is 0 Å². The molecule has 0 bridgehead atoms. The number of carbonyl (C=O) groups is 1. The summed E-state index contributed by atoms with van der Waals surface area (Å²) in [5.74, 6) is -1.82. The molecule has 1 aliphatic heterocycles. The van der Waals surface area contributed by atoms with Crippen LogP contribution in [0.2, 0.25) is 5.02 Å².